The van der Waals surface area contributed by atoms with Crippen molar-refractivity contribution in [2.75, 3.05) is 20.1 Å². The number of allylic oxidation sites excluding steroid dienone is 5. The lowest BCUT2D eigenvalue weighted by atomic mass is 9.98. The van der Waals surface area contributed by atoms with E-state index in [-0.39, 0.29) is 18.1 Å². The Morgan fingerprint density at radius 2 is 1.97 bits per heavy atom. The van der Waals surface area contributed by atoms with E-state index in [4.69, 9.17) is 4.52 Å². The van der Waals surface area contributed by atoms with Gasteiger partial charge in [-0.05, 0) is 56.8 Å². The van der Waals surface area contributed by atoms with Gasteiger partial charge in [-0.15, -0.1) is 0 Å². The van der Waals surface area contributed by atoms with Crippen LogP contribution >= 0.6 is 0 Å². The molecule has 1 fully saturated rings. The number of halogens is 2. The summed E-state index contributed by atoms with van der Waals surface area (Å²) in [6.07, 6.45) is 10.8. The quantitative estimate of drug-likeness (QED) is 0.263. The van der Waals surface area contributed by atoms with E-state index in [1.54, 1.807) is 24.3 Å². The zero-order valence-electron chi connectivity index (χ0n) is 19.8. The van der Waals surface area contributed by atoms with Crippen LogP contribution in [0, 0.1) is 5.82 Å². The number of likely N-dealkylation sites (tertiary alicyclic amines) is 1. The van der Waals surface area contributed by atoms with Crippen LogP contribution in [0.15, 0.2) is 65.5 Å². The van der Waals surface area contributed by atoms with Crippen molar-refractivity contribution in [1.29, 1.82) is 0 Å². The fourth-order valence-electron chi connectivity index (χ4n) is 3.03. The Balaban J connectivity index is 0.000000333. The maximum atomic E-state index is 12.9. The van der Waals surface area contributed by atoms with Crippen LogP contribution in [0.1, 0.15) is 57.8 Å². The fourth-order valence-corrected chi connectivity index (χ4v) is 3.03. The molecule has 0 aliphatic carbocycles. The van der Waals surface area contributed by atoms with Crippen LogP contribution in [0.4, 0.5) is 8.78 Å². The molecule has 1 atom stereocenters. The average molecular weight is 460 g/mol. The lowest BCUT2D eigenvalue weighted by Crippen LogP contribution is -2.30. The Morgan fingerprint density at radius 3 is 2.58 bits per heavy atom. The van der Waals surface area contributed by atoms with E-state index in [2.05, 4.69) is 42.5 Å². The first-order chi connectivity index (χ1) is 15.9. The van der Waals surface area contributed by atoms with Gasteiger partial charge in [-0.1, -0.05) is 50.2 Å². The third-order valence-corrected chi connectivity index (χ3v) is 4.53. The molecule has 1 aromatic heterocycles. The first kappa shape index (κ1) is 28.1. The topological polar surface area (TPSA) is 59.2 Å². The van der Waals surface area contributed by atoms with Crippen LogP contribution in [-0.4, -0.2) is 41.5 Å². The Labute approximate surface area is 195 Å². The van der Waals surface area contributed by atoms with Gasteiger partial charge in [0.15, 0.2) is 0 Å². The highest BCUT2D eigenvalue weighted by Gasteiger charge is 2.24. The number of hydrogen-bond acceptors (Lipinski definition) is 5. The summed E-state index contributed by atoms with van der Waals surface area (Å²) in [7, 11) is 2.10. The minimum Gasteiger partial charge on any atom is -0.339 e. The van der Waals surface area contributed by atoms with Crippen molar-refractivity contribution in [2.24, 2.45) is 0 Å². The van der Waals surface area contributed by atoms with Gasteiger partial charge < -0.3 is 14.2 Å². The summed E-state index contributed by atoms with van der Waals surface area (Å²) in [5.74, 6) is 1.01. The smallest absolute Gasteiger partial charge is 0.231 e. The molecule has 0 saturated carbocycles. The van der Waals surface area contributed by atoms with Crippen molar-refractivity contribution in [2.45, 2.75) is 51.9 Å². The Morgan fingerprint density at radius 1 is 1.27 bits per heavy atom. The zero-order chi connectivity index (χ0) is 24.5. The van der Waals surface area contributed by atoms with Gasteiger partial charge in [0.05, 0.1) is 5.92 Å². The third kappa shape index (κ3) is 11.5. The molecule has 0 N–H and O–H groups in total. The van der Waals surface area contributed by atoms with Gasteiger partial charge in [0.2, 0.25) is 11.7 Å². The van der Waals surface area contributed by atoms with Crippen LogP contribution in [0.2, 0.25) is 0 Å². The maximum absolute atomic E-state index is 12.9. The van der Waals surface area contributed by atoms with Crippen molar-refractivity contribution < 1.29 is 18.1 Å². The normalized spacial score (nSPS) is 16.4. The Bertz CT molecular complexity index is 876. The van der Waals surface area contributed by atoms with Crippen molar-refractivity contribution >= 4 is 6.29 Å². The van der Waals surface area contributed by atoms with Gasteiger partial charge in [-0.3, -0.25) is 0 Å². The van der Waals surface area contributed by atoms with Crippen molar-refractivity contribution in [3.05, 3.63) is 72.7 Å². The SMILES string of the molecule is C=C/C=C(/F)C/C=C\CC=O.CCC.CN1CCC[C@H](c2nc(-c3ccc(F)cc3)no2)C1. The van der Waals surface area contributed by atoms with Gasteiger partial charge in [0.25, 0.3) is 0 Å². The van der Waals surface area contributed by atoms with Crippen LogP contribution in [0.3, 0.4) is 0 Å². The molecule has 0 bridgehead atoms. The van der Waals surface area contributed by atoms with Crippen LogP contribution < -0.4 is 0 Å². The summed E-state index contributed by atoms with van der Waals surface area (Å²) >= 11 is 0. The van der Waals surface area contributed by atoms with Crippen LogP contribution in [0.25, 0.3) is 11.4 Å². The van der Waals surface area contributed by atoms with E-state index < -0.39 is 0 Å². The highest BCUT2D eigenvalue weighted by Crippen LogP contribution is 2.26. The molecule has 7 heteroatoms. The molecule has 33 heavy (non-hydrogen) atoms. The number of carbonyl (C=O) groups excluding carboxylic acids is 1. The number of piperidine rings is 1. The van der Waals surface area contributed by atoms with Crippen molar-refractivity contribution in [1.82, 2.24) is 15.0 Å². The Kier molecular flexibility index (Phi) is 14.2. The zero-order valence-corrected chi connectivity index (χ0v) is 19.8. The standard InChI is InChI=1S/C14H16FN3O.C9H11FO.C3H8/c1-18-8-2-3-11(9-18)14-16-13(17-19-14)10-4-6-12(15)7-5-10;1-2-6-9(10)7-4-3-5-8-11;1-3-2/h4-7,11H,2-3,8-9H2,1H3;2-4,6,8H,1,5,7H2;3H2,1-2H3/b;4-3-,9-6+;/t11-;;/m0../s1. The summed E-state index contributed by atoms with van der Waals surface area (Å²) in [5.41, 5.74) is 0.778. The van der Waals surface area contributed by atoms with Crippen LogP contribution in [-0.2, 0) is 4.79 Å². The van der Waals surface area contributed by atoms with Crippen molar-refractivity contribution in [3.8, 4) is 11.4 Å². The molecule has 3 rings (SSSR count). The monoisotopic (exact) mass is 459 g/mol. The van der Waals surface area contributed by atoms with E-state index in [0.29, 0.717) is 24.1 Å². The summed E-state index contributed by atoms with van der Waals surface area (Å²) in [4.78, 5) is 16.5. The summed E-state index contributed by atoms with van der Waals surface area (Å²) in [6.45, 7) is 9.67. The number of aromatic nitrogens is 2. The first-order valence-electron chi connectivity index (χ1n) is 11.3. The van der Waals surface area contributed by atoms with E-state index in [1.807, 2.05) is 0 Å². The number of aldehydes is 1. The minimum absolute atomic E-state index is 0.236. The second-order valence-corrected chi connectivity index (χ2v) is 7.70. The molecule has 2 heterocycles. The highest BCUT2D eigenvalue weighted by molar-refractivity contribution is 5.53. The fraction of sp³-hybridized carbons (Fsp3) is 0.423. The number of benzene rings is 1. The molecular weight excluding hydrogens is 424 g/mol. The molecule has 0 spiro atoms. The molecule has 1 saturated heterocycles. The molecule has 1 aromatic carbocycles. The molecule has 1 aliphatic rings. The van der Waals surface area contributed by atoms with Gasteiger partial charge in [-0.2, -0.15) is 4.98 Å². The predicted octanol–water partition coefficient (Wildman–Crippen LogP) is 6.66. The van der Waals surface area contributed by atoms with Gasteiger partial charge >= 0.3 is 0 Å². The molecular formula is C26H35F2N3O2. The predicted molar refractivity (Wildman–Crippen MR) is 129 cm³/mol. The lowest BCUT2D eigenvalue weighted by molar-refractivity contribution is -0.107. The first-order valence-corrected chi connectivity index (χ1v) is 11.3. The molecule has 180 valence electrons. The van der Waals surface area contributed by atoms with Crippen molar-refractivity contribution in [3.63, 3.8) is 0 Å². The van der Waals surface area contributed by atoms with Crippen LogP contribution in [0.5, 0.6) is 0 Å². The highest BCUT2D eigenvalue weighted by atomic mass is 19.1. The second-order valence-electron chi connectivity index (χ2n) is 7.70. The number of carbonyl (C=O) groups is 1. The van der Waals surface area contributed by atoms with Gasteiger partial charge in [0.1, 0.15) is 17.9 Å². The molecule has 0 amide bonds. The van der Waals surface area contributed by atoms with Gasteiger partial charge in [0, 0.05) is 24.9 Å². The van der Waals surface area contributed by atoms with Gasteiger partial charge in [-0.25, -0.2) is 8.78 Å². The van der Waals surface area contributed by atoms with E-state index in [1.165, 1.54) is 30.7 Å². The number of likely N-dealkylation sites (N-methyl/N-ethyl adjacent to an activating group) is 1. The largest absolute Gasteiger partial charge is 0.339 e. The molecule has 5 nitrogen and oxygen atoms in total. The summed E-state index contributed by atoms with van der Waals surface area (Å²) in [5, 5.41) is 3.99. The molecule has 2 aromatic rings. The molecule has 0 radical (unpaired) electrons. The minimum atomic E-state index is -0.263. The molecule has 1 aliphatic heterocycles. The molecule has 0 unspecified atom stereocenters. The summed E-state index contributed by atoms with van der Waals surface area (Å²) in [6, 6.07) is 6.13. The Hall–Kier alpha value is -2.93. The third-order valence-electron chi connectivity index (χ3n) is 4.53. The average Bonchev–Trinajstić information content (AvgIpc) is 3.29. The van der Waals surface area contributed by atoms with E-state index >= 15 is 0 Å². The maximum Gasteiger partial charge on any atom is 0.231 e. The van der Waals surface area contributed by atoms with E-state index in [0.717, 1.165) is 37.8 Å². The number of hydrogen-bond donors (Lipinski definition) is 0. The summed E-state index contributed by atoms with van der Waals surface area (Å²) < 4.78 is 30.7. The lowest BCUT2D eigenvalue weighted by Gasteiger charge is -2.27. The number of rotatable bonds is 7. The second kappa shape index (κ2) is 16.7. The number of nitrogens with zero attached hydrogens (tertiary/aromatic N) is 3. The van der Waals surface area contributed by atoms with E-state index in [9.17, 15) is 13.6 Å².